The SMILES string of the molecule is CCOc1ccc(CN2CCOc3cc(F)ccc32)c(F)c1NC=O. The predicted octanol–water partition coefficient (Wildman–Crippen LogP) is 3.33. The molecule has 0 saturated heterocycles. The van der Waals surface area contributed by atoms with Gasteiger partial charge in [0, 0.05) is 18.2 Å². The highest BCUT2D eigenvalue weighted by molar-refractivity contribution is 5.76. The second-order valence-corrected chi connectivity index (χ2v) is 5.49. The van der Waals surface area contributed by atoms with Gasteiger partial charge in [-0.25, -0.2) is 8.78 Å². The summed E-state index contributed by atoms with van der Waals surface area (Å²) >= 11 is 0. The van der Waals surface area contributed by atoms with Crippen molar-refractivity contribution in [1.29, 1.82) is 0 Å². The number of ether oxygens (including phenoxy) is 2. The molecule has 132 valence electrons. The van der Waals surface area contributed by atoms with Crippen LogP contribution in [0.15, 0.2) is 30.3 Å². The topological polar surface area (TPSA) is 50.8 Å². The largest absolute Gasteiger partial charge is 0.492 e. The Balaban J connectivity index is 1.91. The molecule has 0 fully saturated rings. The Hall–Kier alpha value is -2.83. The number of anilines is 2. The van der Waals surface area contributed by atoms with Crippen molar-refractivity contribution in [1.82, 2.24) is 0 Å². The van der Waals surface area contributed by atoms with Gasteiger partial charge < -0.3 is 19.7 Å². The van der Waals surface area contributed by atoms with Gasteiger partial charge >= 0.3 is 0 Å². The lowest BCUT2D eigenvalue weighted by molar-refractivity contribution is -0.105. The molecule has 0 unspecified atom stereocenters. The maximum atomic E-state index is 14.8. The van der Waals surface area contributed by atoms with Crippen molar-refractivity contribution in [3.63, 3.8) is 0 Å². The van der Waals surface area contributed by atoms with Crippen molar-refractivity contribution in [3.05, 3.63) is 47.5 Å². The summed E-state index contributed by atoms with van der Waals surface area (Å²) < 4.78 is 39.0. The normalized spacial score (nSPS) is 13.0. The first-order valence-corrected chi connectivity index (χ1v) is 7.95. The molecule has 0 bridgehead atoms. The van der Waals surface area contributed by atoms with Crippen LogP contribution in [0.4, 0.5) is 20.2 Å². The van der Waals surface area contributed by atoms with E-state index in [-0.39, 0.29) is 23.8 Å². The second kappa shape index (κ2) is 7.38. The number of nitrogens with zero attached hydrogens (tertiary/aromatic N) is 1. The molecule has 0 saturated carbocycles. The van der Waals surface area contributed by atoms with E-state index < -0.39 is 5.82 Å². The Morgan fingerprint density at radius 2 is 2.16 bits per heavy atom. The summed E-state index contributed by atoms with van der Waals surface area (Å²) in [5.74, 6) is -0.220. The molecule has 2 aromatic rings. The maximum absolute atomic E-state index is 14.8. The van der Waals surface area contributed by atoms with Crippen molar-refractivity contribution >= 4 is 17.8 Å². The minimum absolute atomic E-state index is 0.0157. The van der Waals surface area contributed by atoms with Crippen LogP contribution >= 0.6 is 0 Å². The minimum Gasteiger partial charge on any atom is -0.492 e. The zero-order valence-corrected chi connectivity index (χ0v) is 13.7. The van der Waals surface area contributed by atoms with E-state index in [1.54, 1.807) is 25.1 Å². The van der Waals surface area contributed by atoms with Gasteiger partial charge in [0.05, 0.1) is 18.8 Å². The molecule has 25 heavy (non-hydrogen) atoms. The van der Waals surface area contributed by atoms with Crippen molar-refractivity contribution in [2.75, 3.05) is 30.0 Å². The van der Waals surface area contributed by atoms with Gasteiger partial charge in [0.1, 0.15) is 29.6 Å². The van der Waals surface area contributed by atoms with E-state index in [9.17, 15) is 13.6 Å². The molecular formula is C18H18F2N2O3. The molecule has 1 amide bonds. The molecule has 0 aromatic heterocycles. The lowest BCUT2D eigenvalue weighted by atomic mass is 10.1. The summed E-state index contributed by atoms with van der Waals surface area (Å²) in [7, 11) is 0. The monoisotopic (exact) mass is 348 g/mol. The zero-order valence-electron chi connectivity index (χ0n) is 13.7. The Bertz CT molecular complexity index is 783. The van der Waals surface area contributed by atoms with Crippen LogP contribution in [0.5, 0.6) is 11.5 Å². The molecule has 1 aliphatic heterocycles. The highest BCUT2D eigenvalue weighted by Crippen LogP contribution is 2.35. The molecule has 7 heteroatoms. The van der Waals surface area contributed by atoms with Crippen molar-refractivity contribution in [2.24, 2.45) is 0 Å². The van der Waals surface area contributed by atoms with Gasteiger partial charge in [0.15, 0.2) is 5.82 Å². The number of hydrogen-bond donors (Lipinski definition) is 1. The van der Waals surface area contributed by atoms with Crippen LogP contribution in [0.1, 0.15) is 12.5 Å². The van der Waals surface area contributed by atoms with Gasteiger partial charge in [-0.15, -0.1) is 0 Å². The molecule has 0 atom stereocenters. The van der Waals surface area contributed by atoms with Crippen LogP contribution in [0.25, 0.3) is 0 Å². The van der Waals surface area contributed by atoms with E-state index in [4.69, 9.17) is 9.47 Å². The van der Waals surface area contributed by atoms with E-state index in [2.05, 4.69) is 5.32 Å². The van der Waals surface area contributed by atoms with Crippen LogP contribution < -0.4 is 19.7 Å². The number of benzene rings is 2. The van der Waals surface area contributed by atoms with E-state index >= 15 is 0 Å². The van der Waals surface area contributed by atoms with Crippen LogP contribution in [-0.4, -0.2) is 26.2 Å². The summed E-state index contributed by atoms with van der Waals surface area (Å²) in [5.41, 5.74) is 1.11. The fourth-order valence-corrected chi connectivity index (χ4v) is 2.81. The number of amides is 1. The van der Waals surface area contributed by atoms with Gasteiger partial charge in [-0.05, 0) is 25.1 Å². The first kappa shape index (κ1) is 17.0. The number of rotatable bonds is 6. The molecule has 3 rings (SSSR count). The number of halogens is 2. The predicted molar refractivity (Wildman–Crippen MR) is 90.2 cm³/mol. The van der Waals surface area contributed by atoms with Gasteiger partial charge in [-0.3, -0.25) is 4.79 Å². The fourth-order valence-electron chi connectivity index (χ4n) is 2.81. The van der Waals surface area contributed by atoms with E-state index in [1.165, 1.54) is 12.1 Å². The third kappa shape index (κ3) is 3.50. The quantitative estimate of drug-likeness (QED) is 0.814. The first-order valence-electron chi connectivity index (χ1n) is 7.95. The van der Waals surface area contributed by atoms with Crippen LogP contribution in [0.2, 0.25) is 0 Å². The number of carbonyl (C=O) groups excluding carboxylic acids is 1. The standard InChI is InChI=1S/C18H18F2N2O3/c1-2-24-15-6-3-12(17(20)18(15)21-11-23)10-22-7-8-25-16-9-13(19)4-5-14(16)22/h3-6,9,11H,2,7-8,10H2,1H3,(H,21,23). The van der Waals surface area contributed by atoms with Crippen molar-refractivity contribution in [2.45, 2.75) is 13.5 Å². The summed E-state index contributed by atoms with van der Waals surface area (Å²) in [4.78, 5) is 12.7. The summed E-state index contributed by atoms with van der Waals surface area (Å²) in [6.07, 6.45) is 0.414. The second-order valence-electron chi connectivity index (χ2n) is 5.49. The number of fused-ring (bicyclic) bond motifs is 1. The smallest absolute Gasteiger partial charge is 0.211 e. The molecule has 0 radical (unpaired) electrons. The molecule has 1 heterocycles. The highest BCUT2D eigenvalue weighted by Gasteiger charge is 2.22. The zero-order chi connectivity index (χ0) is 17.8. The van der Waals surface area contributed by atoms with E-state index in [0.29, 0.717) is 43.2 Å². The van der Waals surface area contributed by atoms with Crippen LogP contribution in [-0.2, 0) is 11.3 Å². The van der Waals surface area contributed by atoms with E-state index in [0.717, 1.165) is 0 Å². The minimum atomic E-state index is -0.548. The van der Waals surface area contributed by atoms with E-state index in [1.807, 2.05) is 4.90 Å². The molecule has 0 aliphatic carbocycles. The lowest BCUT2D eigenvalue weighted by Crippen LogP contribution is -2.32. The average Bonchev–Trinajstić information content (AvgIpc) is 2.60. The molecule has 5 nitrogen and oxygen atoms in total. The Labute approximate surface area is 144 Å². The lowest BCUT2D eigenvalue weighted by Gasteiger charge is -2.31. The van der Waals surface area contributed by atoms with Crippen LogP contribution in [0.3, 0.4) is 0 Å². The third-order valence-corrected chi connectivity index (χ3v) is 3.93. The van der Waals surface area contributed by atoms with Crippen LogP contribution in [0, 0.1) is 11.6 Å². The Morgan fingerprint density at radius 1 is 1.32 bits per heavy atom. The number of nitrogens with one attached hydrogen (secondary N) is 1. The van der Waals surface area contributed by atoms with Crippen molar-refractivity contribution < 1.29 is 23.0 Å². The fraction of sp³-hybridized carbons (Fsp3) is 0.278. The van der Waals surface area contributed by atoms with Crippen molar-refractivity contribution in [3.8, 4) is 11.5 Å². The first-order chi connectivity index (χ1) is 12.1. The Kier molecular flexibility index (Phi) is 5.02. The number of carbonyl (C=O) groups is 1. The average molecular weight is 348 g/mol. The number of hydrogen-bond acceptors (Lipinski definition) is 4. The summed E-state index contributed by atoms with van der Waals surface area (Å²) in [6.45, 7) is 3.32. The molecule has 1 N–H and O–H groups in total. The summed E-state index contributed by atoms with van der Waals surface area (Å²) in [6, 6.07) is 7.51. The highest BCUT2D eigenvalue weighted by atomic mass is 19.1. The molecule has 2 aromatic carbocycles. The Morgan fingerprint density at radius 3 is 2.92 bits per heavy atom. The maximum Gasteiger partial charge on any atom is 0.211 e. The molecular weight excluding hydrogens is 330 g/mol. The van der Waals surface area contributed by atoms with Gasteiger partial charge in [0.2, 0.25) is 6.41 Å². The van der Waals surface area contributed by atoms with Gasteiger partial charge in [0.25, 0.3) is 0 Å². The van der Waals surface area contributed by atoms with Gasteiger partial charge in [-0.2, -0.15) is 0 Å². The summed E-state index contributed by atoms with van der Waals surface area (Å²) in [5, 5.41) is 2.36. The third-order valence-electron chi connectivity index (χ3n) is 3.93. The molecule has 0 spiro atoms. The molecule has 1 aliphatic rings. The van der Waals surface area contributed by atoms with Gasteiger partial charge in [-0.1, -0.05) is 6.07 Å².